The molecule has 0 nitrogen and oxygen atoms in total. The predicted molar refractivity (Wildman–Crippen MR) is 84.2 cm³/mol. The third-order valence-corrected chi connectivity index (χ3v) is 0. The van der Waals surface area contributed by atoms with Gasteiger partial charge in [-0.2, -0.15) is 0 Å². The minimum absolute atomic E-state index is 0. The molecular weight excluding hydrogens is 674 g/mol. The van der Waals surface area contributed by atoms with Crippen molar-refractivity contribution in [1.29, 1.82) is 0 Å². The Balaban J connectivity index is 0. The maximum atomic E-state index is 0. The van der Waals surface area contributed by atoms with Gasteiger partial charge >= 0.3 is 51.4 Å². The summed E-state index contributed by atoms with van der Waals surface area (Å²) in [6.45, 7) is 0. The van der Waals surface area contributed by atoms with E-state index < -0.39 is 0 Å². The molecule has 42 valence electrons. The third kappa shape index (κ3) is 22.8. The molecular formula is H6I5K. The average molecular weight is 680 g/mol. The summed E-state index contributed by atoms with van der Waals surface area (Å²) in [5.41, 5.74) is 0. The van der Waals surface area contributed by atoms with Gasteiger partial charge in [0.25, 0.3) is 0 Å². The van der Waals surface area contributed by atoms with Crippen molar-refractivity contribution in [2.24, 2.45) is 0 Å². The molecule has 0 N–H and O–H groups in total. The molecule has 0 heterocycles. The molecule has 0 aromatic carbocycles. The number of hydrogen-bond donors (Lipinski definition) is 0. The first-order chi connectivity index (χ1) is 0. The Hall–Kier alpha value is 5.29. The molecule has 0 aromatic heterocycles. The first-order valence-corrected chi connectivity index (χ1v) is 0. The van der Waals surface area contributed by atoms with Gasteiger partial charge in [0, 0.05) is 0 Å². The van der Waals surface area contributed by atoms with Crippen LogP contribution in [0.1, 0.15) is 0 Å². The van der Waals surface area contributed by atoms with Crippen molar-refractivity contribution in [1.82, 2.24) is 0 Å². The Morgan fingerprint density at radius 2 is 0.333 bits per heavy atom. The van der Waals surface area contributed by atoms with E-state index in [9.17, 15) is 0 Å². The molecule has 0 rings (SSSR count). The molecule has 0 bridgehead atoms. The summed E-state index contributed by atoms with van der Waals surface area (Å²) in [7, 11) is 0. The van der Waals surface area contributed by atoms with Crippen LogP contribution in [-0.2, 0) is 0 Å². The molecule has 0 aliphatic rings. The first-order valence-electron chi connectivity index (χ1n) is 0. The summed E-state index contributed by atoms with van der Waals surface area (Å²) in [4.78, 5) is 0. The Bertz CT molecular complexity index is 3.90. The van der Waals surface area contributed by atoms with Crippen LogP contribution in [0.3, 0.4) is 0 Å². The molecule has 0 unspecified atom stereocenters. The fourth-order valence-electron chi connectivity index (χ4n) is 0. The monoisotopic (exact) mass is 680 g/mol. The van der Waals surface area contributed by atoms with Gasteiger partial charge in [-0.1, -0.05) is 0 Å². The second-order valence-electron chi connectivity index (χ2n) is 0. The zero-order chi connectivity index (χ0) is 0. The van der Waals surface area contributed by atoms with Gasteiger partial charge in [-0.25, -0.2) is 0 Å². The van der Waals surface area contributed by atoms with E-state index in [1.165, 1.54) is 0 Å². The minimum atomic E-state index is 0. The van der Waals surface area contributed by atoms with Gasteiger partial charge in [0.1, 0.15) is 0 Å². The quantitative estimate of drug-likeness (QED) is 0.273. The predicted octanol–water partition coefficient (Wildman–Crippen LogP) is 2.44. The van der Waals surface area contributed by atoms with E-state index in [1.807, 2.05) is 0 Å². The van der Waals surface area contributed by atoms with E-state index in [4.69, 9.17) is 0 Å². The topological polar surface area (TPSA) is 0 Å². The molecule has 0 spiro atoms. The normalized spacial score (nSPS) is 0. The van der Waals surface area contributed by atoms with Crippen molar-refractivity contribution in [3.8, 4) is 0 Å². The molecule has 0 aliphatic carbocycles. The van der Waals surface area contributed by atoms with Crippen LogP contribution in [-0.4, -0.2) is 51.4 Å². The summed E-state index contributed by atoms with van der Waals surface area (Å²) < 4.78 is 0. The summed E-state index contributed by atoms with van der Waals surface area (Å²) >= 11 is 0. The summed E-state index contributed by atoms with van der Waals surface area (Å²) in [5, 5.41) is 0. The molecule has 0 fully saturated rings. The van der Waals surface area contributed by atoms with Crippen molar-refractivity contribution in [3.05, 3.63) is 0 Å². The molecule has 0 aromatic rings. The van der Waals surface area contributed by atoms with Gasteiger partial charge < -0.3 is 0 Å². The second-order valence-corrected chi connectivity index (χ2v) is 0. The Morgan fingerprint density at radius 1 is 0.333 bits per heavy atom. The number of hydrogen-bond acceptors (Lipinski definition) is 0. The van der Waals surface area contributed by atoms with Crippen molar-refractivity contribution >= 4 is 171 Å². The third-order valence-electron chi connectivity index (χ3n) is 0. The molecule has 0 atom stereocenters. The van der Waals surface area contributed by atoms with Crippen molar-refractivity contribution in [3.63, 3.8) is 0 Å². The van der Waals surface area contributed by atoms with Gasteiger partial charge in [0.05, 0.1) is 0 Å². The van der Waals surface area contributed by atoms with Gasteiger partial charge in [-0.3, -0.25) is 0 Å². The zero-order valence-corrected chi connectivity index (χ0v) is 13.7. The van der Waals surface area contributed by atoms with E-state index in [-0.39, 0.29) is 171 Å². The van der Waals surface area contributed by atoms with Gasteiger partial charge in [0.15, 0.2) is 0 Å². The molecule has 6 heavy (non-hydrogen) atoms. The van der Waals surface area contributed by atoms with Crippen molar-refractivity contribution < 1.29 is 0 Å². The fourth-order valence-corrected chi connectivity index (χ4v) is 0. The standard InChI is InChI=1S/5HI.K.H/h5*1H;;. The summed E-state index contributed by atoms with van der Waals surface area (Å²) in [5.74, 6) is 0. The van der Waals surface area contributed by atoms with Gasteiger partial charge in [-0.15, -0.1) is 120 Å². The SMILES string of the molecule is I.I.I.I.I.[KH]. The molecule has 0 amide bonds. The van der Waals surface area contributed by atoms with E-state index in [2.05, 4.69) is 0 Å². The maximum absolute atomic E-state index is 0. The van der Waals surface area contributed by atoms with Crippen LogP contribution in [0.15, 0.2) is 0 Å². The number of halogens is 5. The van der Waals surface area contributed by atoms with Crippen LogP contribution in [0.25, 0.3) is 0 Å². The van der Waals surface area contributed by atoms with Crippen LogP contribution in [0.2, 0.25) is 0 Å². The Morgan fingerprint density at radius 3 is 0.333 bits per heavy atom. The van der Waals surface area contributed by atoms with Crippen LogP contribution in [0.4, 0.5) is 0 Å². The molecule has 0 radical (unpaired) electrons. The summed E-state index contributed by atoms with van der Waals surface area (Å²) in [6, 6.07) is 0. The van der Waals surface area contributed by atoms with Crippen LogP contribution in [0.5, 0.6) is 0 Å². The fraction of sp³-hybridized carbons (Fsp3) is 0. The van der Waals surface area contributed by atoms with Crippen LogP contribution in [0, 0.1) is 0 Å². The average Bonchev–Trinajstić information content (AvgIpc) is 0. The molecule has 0 saturated heterocycles. The van der Waals surface area contributed by atoms with E-state index in [0.29, 0.717) is 0 Å². The Kier molecular flexibility index (Phi) is 226. The molecule has 0 aliphatic heterocycles. The molecule has 0 saturated carbocycles. The van der Waals surface area contributed by atoms with Gasteiger partial charge in [-0.05, 0) is 0 Å². The van der Waals surface area contributed by atoms with Crippen molar-refractivity contribution in [2.75, 3.05) is 0 Å². The van der Waals surface area contributed by atoms with E-state index in [1.54, 1.807) is 0 Å². The van der Waals surface area contributed by atoms with Crippen molar-refractivity contribution in [2.45, 2.75) is 0 Å². The number of rotatable bonds is 0. The second kappa shape index (κ2) is 31.7. The van der Waals surface area contributed by atoms with Gasteiger partial charge in [0.2, 0.25) is 0 Å². The summed E-state index contributed by atoms with van der Waals surface area (Å²) in [6.07, 6.45) is 0. The van der Waals surface area contributed by atoms with Crippen LogP contribution < -0.4 is 0 Å². The van der Waals surface area contributed by atoms with Crippen LogP contribution >= 0.6 is 120 Å². The Labute approximate surface area is 166 Å². The van der Waals surface area contributed by atoms with E-state index >= 15 is 0 Å². The zero-order valence-electron chi connectivity index (χ0n) is 2.04. The molecule has 6 heteroatoms. The first kappa shape index (κ1) is 42.7. The van der Waals surface area contributed by atoms with E-state index in [0.717, 1.165) is 0 Å².